The van der Waals surface area contributed by atoms with E-state index in [0.717, 1.165) is 62.8 Å². The first-order valence-electron chi connectivity index (χ1n) is 8.99. The van der Waals surface area contributed by atoms with Crippen LogP contribution in [-0.4, -0.2) is 32.6 Å². The van der Waals surface area contributed by atoms with E-state index in [4.69, 9.17) is 9.56 Å². The molecule has 8 heteroatoms. The van der Waals surface area contributed by atoms with E-state index in [1.165, 1.54) is 0 Å². The van der Waals surface area contributed by atoms with Gasteiger partial charge in [0.05, 0.1) is 10.2 Å². The molecule has 4 rings (SSSR count). The van der Waals surface area contributed by atoms with Gasteiger partial charge in [0, 0.05) is 16.4 Å². The van der Waals surface area contributed by atoms with E-state index in [1.54, 1.807) is 24.3 Å². The summed E-state index contributed by atoms with van der Waals surface area (Å²) in [6, 6.07) is 7.05. The molecule has 1 aromatic carbocycles. The highest BCUT2D eigenvalue weighted by Crippen LogP contribution is 2.17. The summed E-state index contributed by atoms with van der Waals surface area (Å²) in [5.41, 5.74) is 2.14. The van der Waals surface area contributed by atoms with Gasteiger partial charge >= 0.3 is 11.6 Å². The first-order valence-corrected chi connectivity index (χ1v) is 8.99. The summed E-state index contributed by atoms with van der Waals surface area (Å²) in [5.74, 6) is 0. The largest absolute Gasteiger partial charge is 0.640 e. The number of carbonyl (C=O) groups excluding carboxylic acids is 1. The third-order valence-corrected chi connectivity index (χ3v) is 4.59. The topological polar surface area (TPSA) is 93.0 Å². The quantitative estimate of drug-likeness (QED) is 0.471. The molecule has 0 bridgehead atoms. The van der Waals surface area contributed by atoms with Gasteiger partial charge in [-0.15, -0.1) is 15.1 Å². The predicted molar refractivity (Wildman–Crippen MR) is 97.6 cm³/mol. The molecule has 1 heterocycles. The maximum atomic E-state index is 12.4. The summed E-state index contributed by atoms with van der Waals surface area (Å²) >= 11 is 0. The van der Waals surface area contributed by atoms with Gasteiger partial charge in [-0.1, -0.05) is 12.1 Å². The number of aromatic nitrogens is 3. The van der Waals surface area contributed by atoms with Crippen molar-refractivity contribution < 1.29 is 9.56 Å². The summed E-state index contributed by atoms with van der Waals surface area (Å²) in [5, 5.41) is 8.09. The van der Waals surface area contributed by atoms with Gasteiger partial charge in [-0.2, -0.15) is 0 Å². The molecule has 1 aromatic heterocycles. The Morgan fingerprint density at radius 2 is 1.62 bits per heavy atom. The Kier molecular flexibility index (Phi) is 4.81. The Balaban J connectivity index is 1.64. The molecule has 0 radical (unpaired) electrons. The maximum Gasteiger partial charge on any atom is 0.640 e. The molecule has 8 nitrogen and oxygen atoms in total. The molecule has 0 atom stereocenters. The van der Waals surface area contributed by atoms with Gasteiger partial charge in [0.1, 0.15) is 10.1 Å². The lowest BCUT2D eigenvalue weighted by Crippen LogP contribution is -2.27. The second-order valence-electron chi connectivity index (χ2n) is 6.50. The van der Waals surface area contributed by atoms with Crippen LogP contribution < -0.4 is 10.5 Å². The molecule has 0 spiro atoms. The minimum Gasteiger partial charge on any atom is -0.263 e. The number of hydrogen-bond donors (Lipinski definition) is 0. The molecular weight excluding hydrogens is 334 g/mol. The molecule has 0 aliphatic heterocycles. The van der Waals surface area contributed by atoms with E-state index < -0.39 is 5.56 Å². The summed E-state index contributed by atoms with van der Waals surface area (Å²) in [7, 11) is 0. The van der Waals surface area contributed by atoms with Crippen LogP contribution in [-0.2, 0) is 0 Å². The van der Waals surface area contributed by atoms with Crippen LogP contribution in [0.4, 0.5) is 4.58 Å². The first-order chi connectivity index (χ1) is 12.8. The van der Waals surface area contributed by atoms with Crippen molar-refractivity contribution in [1.29, 1.82) is 0 Å². The molecule has 2 aliphatic carbocycles. The smallest absolute Gasteiger partial charge is 0.263 e. The van der Waals surface area contributed by atoms with Crippen molar-refractivity contribution in [2.24, 2.45) is 9.98 Å². The highest BCUT2D eigenvalue weighted by Gasteiger charge is 2.22. The Labute approximate surface area is 149 Å². The molecule has 26 heavy (non-hydrogen) atoms. The fourth-order valence-electron chi connectivity index (χ4n) is 3.21. The fraction of sp³-hybridized carbons (Fsp3) is 0.444. The Hall–Kier alpha value is -2.90. The summed E-state index contributed by atoms with van der Waals surface area (Å²) < 4.78 is 5.28. The van der Waals surface area contributed by atoms with Crippen LogP contribution in [0.2, 0.25) is 0 Å². The molecule has 0 saturated heterocycles. The number of aliphatic imine (C=N–C) groups is 2. The van der Waals surface area contributed by atoms with Crippen molar-refractivity contribution in [3.05, 3.63) is 34.6 Å². The number of fused-ring (bicyclic) bond motifs is 1. The van der Waals surface area contributed by atoms with Crippen LogP contribution in [0.3, 0.4) is 0 Å². The van der Waals surface area contributed by atoms with E-state index in [-0.39, 0.29) is 6.03 Å². The van der Waals surface area contributed by atoms with Crippen LogP contribution in [0.1, 0.15) is 51.4 Å². The maximum absolute atomic E-state index is 12.4. The second kappa shape index (κ2) is 7.55. The van der Waals surface area contributed by atoms with E-state index in [2.05, 4.69) is 20.3 Å². The molecule has 2 aliphatic rings. The van der Waals surface area contributed by atoms with Crippen LogP contribution in [0.15, 0.2) is 39.0 Å². The molecule has 0 unspecified atom stereocenters. The summed E-state index contributed by atoms with van der Waals surface area (Å²) in [6.07, 6.45) is 8.25. The van der Waals surface area contributed by atoms with Crippen molar-refractivity contribution in [2.45, 2.75) is 51.4 Å². The van der Waals surface area contributed by atoms with E-state index in [1.807, 2.05) is 0 Å². The summed E-state index contributed by atoms with van der Waals surface area (Å²) in [4.78, 5) is 27.2. The zero-order chi connectivity index (χ0) is 17.8. The van der Waals surface area contributed by atoms with Crippen LogP contribution in [0.5, 0.6) is 0 Å². The average Bonchev–Trinajstić information content (AvgIpc) is 3.35. The average molecular weight is 354 g/mol. The second-order valence-corrected chi connectivity index (χ2v) is 6.50. The Morgan fingerprint density at radius 1 is 1.00 bits per heavy atom. The van der Waals surface area contributed by atoms with Crippen molar-refractivity contribution in [3.8, 4) is 0 Å². The van der Waals surface area contributed by atoms with Crippen LogP contribution in [0.25, 0.3) is 10.9 Å². The van der Waals surface area contributed by atoms with Crippen molar-refractivity contribution in [3.63, 3.8) is 0 Å². The third kappa shape index (κ3) is 3.68. The molecule has 2 saturated carbocycles. The lowest BCUT2D eigenvalue weighted by Gasteiger charge is -1.95. The zero-order valence-corrected chi connectivity index (χ0v) is 14.4. The highest BCUT2D eigenvalue weighted by atomic mass is 17.2. The number of rotatable bonds is 2. The van der Waals surface area contributed by atoms with E-state index in [0.29, 0.717) is 15.7 Å². The van der Waals surface area contributed by atoms with Crippen LogP contribution in [0, 0.1) is 0 Å². The number of amides is 2. The molecule has 2 aromatic rings. The molecule has 134 valence electrons. The van der Waals surface area contributed by atoms with Gasteiger partial charge in [-0.3, -0.25) is 4.79 Å². The lowest BCUT2D eigenvalue weighted by atomic mass is 10.2. The van der Waals surface area contributed by atoms with Crippen molar-refractivity contribution in [1.82, 2.24) is 15.2 Å². The fourth-order valence-corrected chi connectivity index (χ4v) is 3.21. The lowest BCUT2D eigenvalue weighted by molar-refractivity contribution is -0.514. The predicted octanol–water partition coefficient (Wildman–Crippen LogP) is 2.82. The zero-order valence-electron chi connectivity index (χ0n) is 14.4. The highest BCUT2D eigenvalue weighted by molar-refractivity contribution is 6.02. The van der Waals surface area contributed by atoms with Crippen LogP contribution >= 0.6 is 0 Å². The van der Waals surface area contributed by atoms with Gasteiger partial charge in [0.2, 0.25) is 0 Å². The van der Waals surface area contributed by atoms with Gasteiger partial charge < -0.3 is 0 Å². The number of benzene rings is 1. The molecule has 2 fully saturated rings. The van der Waals surface area contributed by atoms with Gasteiger partial charge in [0.15, 0.2) is 0 Å². The van der Waals surface area contributed by atoms with E-state index in [9.17, 15) is 4.79 Å². The van der Waals surface area contributed by atoms with Crippen molar-refractivity contribution >= 4 is 28.4 Å². The Bertz CT molecular complexity index is 917. The standard InChI is InChI=1S/C18H20N5O3/c24-17-15-11-5-6-12-16(15)21-22-23(17)26-25-18(19-13-7-1-2-8-13)20-14-9-3-4-10-14/h5-6,11-12H,1-4,7-10H2/q+1. The van der Waals surface area contributed by atoms with Gasteiger partial charge in [-0.25, -0.2) is 0 Å². The van der Waals surface area contributed by atoms with Gasteiger partial charge in [-0.05, 0) is 68.7 Å². The number of nitrogens with zero attached hydrogens (tertiary/aromatic N) is 5. The van der Waals surface area contributed by atoms with E-state index >= 15 is 0 Å². The molecule has 2 amide bonds. The number of hydrogen-bond acceptors (Lipinski definition) is 4. The third-order valence-electron chi connectivity index (χ3n) is 4.59. The molecule has 0 N–H and O–H groups in total. The Morgan fingerprint density at radius 3 is 2.27 bits per heavy atom. The first kappa shape index (κ1) is 16.6. The minimum absolute atomic E-state index is 0.126. The normalized spacial score (nSPS) is 16.8. The summed E-state index contributed by atoms with van der Waals surface area (Å²) in [6.45, 7) is 0. The molecular formula is C18H20N5O3+. The van der Waals surface area contributed by atoms with Gasteiger partial charge in [0.25, 0.3) is 0 Å². The SMILES string of the molecule is O=c1c2ccccc2nnn1O[O+]=C(N=C1CCCC1)N=C1CCCC1. The minimum atomic E-state index is -0.447. The number of urea groups is 1. The van der Waals surface area contributed by atoms with Crippen molar-refractivity contribution in [2.75, 3.05) is 0 Å². The monoisotopic (exact) mass is 354 g/mol.